The molecule has 0 amide bonds. The number of nitriles is 1. The van der Waals surface area contributed by atoms with Crippen LogP contribution in [0.15, 0.2) is 36.7 Å². The average Bonchev–Trinajstić information content (AvgIpc) is 2.40. The molecule has 1 aromatic carbocycles. The van der Waals surface area contributed by atoms with Crippen molar-refractivity contribution in [3.63, 3.8) is 0 Å². The van der Waals surface area contributed by atoms with Crippen LogP contribution in [0.3, 0.4) is 0 Å². The van der Waals surface area contributed by atoms with E-state index in [9.17, 15) is 0 Å². The van der Waals surface area contributed by atoms with Gasteiger partial charge >= 0.3 is 0 Å². The van der Waals surface area contributed by atoms with Gasteiger partial charge in [0.25, 0.3) is 5.88 Å². The molecule has 0 spiro atoms. The van der Waals surface area contributed by atoms with Crippen LogP contribution in [0.1, 0.15) is 5.56 Å². The van der Waals surface area contributed by atoms with E-state index in [2.05, 4.69) is 15.3 Å². The summed E-state index contributed by atoms with van der Waals surface area (Å²) in [6.45, 7) is 0. The van der Waals surface area contributed by atoms with Crippen LogP contribution < -0.4 is 10.1 Å². The Bertz CT molecular complexity index is 545. The van der Waals surface area contributed by atoms with Crippen molar-refractivity contribution < 1.29 is 4.74 Å². The Hall–Kier alpha value is -2.61. The maximum absolute atomic E-state index is 8.68. The fourth-order valence-electron chi connectivity index (χ4n) is 1.28. The van der Waals surface area contributed by atoms with Gasteiger partial charge in [-0.15, -0.1) is 0 Å². The Morgan fingerprint density at radius 2 is 1.88 bits per heavy atom. The highest BCUT2D eigenvalue weighted by atomic mass is 16.5. The van der Waals surface area contributed by atoms with E-state index >= 15 is 0 Å². The van der Waals surface area contributed by atoms with Crippen molar-refractivity contribution in [1.29, 1.82) is 5.26 Å². The Kier molecular flexibility index (Phi) is 3.17. The summed E-state index contributed by atoms with van der Waals surface area (Å²) in [7, 11) is 1.75. The lowest BCUT2D eigenvalue weighted by atomic mass is 10.2. The highest BCUT2D eigenvalue weighted by Crippen LogP contribution is 2.24. The molecule has 0 saturated carbocycles. The van der Waals surface area contributed by atoms with Gasteiger partial charge in [0.05, 0.1) is 11.6 Å². The van der Waals surface area contributed by atoms with E-state index in [0.29, 0.717) is 23.0 Å². The Morgan fingerprint density at radius 1 is 1.18 bits per heavy atom. The van der Waals surface area contributed by atoms with Crippen LogP contribution in [0.2, 0.25) is 0 Å². The van der Waals surface area contributed by atoms with Gasteiger partial charge in [-0.1, -0.05) is 0 Å². The van der Waals surface area contributed by atoms with Gasteiger partial charge in [-0.25, -0.2) is 9.97 Å². The number of benzene rings is 1. The highest BCUT2D eigenvalue weighted by molar-refractivity contribution is 5.46. The molecule has 0 aliphatic heterocycles. The lowest BCUT2D eigenvalue weighted by molar-refractivity contribution is 0.463. The van der Waals surface area contributed by atoms with Crippen LogP contribution in [0.4, 0.5) is 5.82 Å². The molecule has 0 radical (unpaired) electrons. The molecule has 17 heavy (non-hydrogen) atoms. The summed E-state index contributed by atoms with van der Waals surface area (Å²) in [5.74, 6) is 1.58. The van der Waals surface area contributed by atoms with E-state index in [4.69, 9.17) is 10.00 Å². The fourth-order valence-corrected chi connectivity index (χ4v) is 1.28. The van der Waals surface area contributed by atoms with Crippen molar-refractivity contribution in [3.05, 3.63) is 42.2 Å². The largest absolute Gasteiger partial charge is 0.436 e. The molecule has 1 heterocycles. The van der Waals surface area contributed by atoms with E-state index in [1.54, 1.807) is 43.7 Å². The summed E-state index contributed by atoms with van der Waals surface area (Å²) in [4.78, 5) is 8.15. The zero-order valence-corrected chi connectivity index (χ0v) is 9.21. The first kappa shape index (κ1) is 10.9. The van der Waals surface area contributed by atoms with Crippen LogP contribution >= 0.6 is 0 Å². The molecule has 5 heteroatoms. The second kappa shape index (κ2) is 4.94. The molecule has 0 aliphatic carbocycles. The predicted octanol–water partition coefficient (Wildman–Crippen LogP) is 2.18. The number of anilines is 1. The molecule has 0 fully saturated rings. The van der Waals surface area contributed by atoms with E-state index < -0.39 is 0 Å². The number of hydrogen-bond acceptors (Lipinski definition) is 5. The molecule has 84 valence electrons. The Morgan fingerprint density at radius 3 is 2.53 bits per heavy atom. The van der Waals surface area contributed by atoms with E-state index in [1.165, 1.54) is 0 Å². The van der Waals surface area contributed by atoms with Gasteiger partial charge in [0.15, 0.2) is 5.82 Å². The number of nitrogens with zero attached hydrogens (tertiary/aromatic N) is 3. The molecule has 0 aliphatic rings. The van der Waals surface area contributed by atoms with Crippen molar-refractivity contribution in [3.8, 4) is 17.7 Å². The number of nitrogens with one attached hydrogen (secondary N) is 1. The first-order valence-corrected chi connectivity index (χ1v) is 5.00. The van der Waals surface area contributed by atoms with Gasteiger partial charge in [0, 0.05) is 19.4 Å². The number of ether oxygens (including phenoxy) is 1. The zero-order chi connectivity index (χ0) is 12.1. The molecule has 0 atom stereocenters. The Labute approximate surface area is 98.7 Å². The van der Waals surface area contributed by atoms with E-state index in [-0.39, 0.29) is 0 Å². The third kappa shape index (κ3) is 2.49. The SMILES string of the molecule is CNc1nccnc1Oc1ccc(C#N)cc1. The van der Waals surface area contributed by atoms with Crippen LogP contribution in [0.25, 0.3) is 0 Å². The second-order valence-electron chi connectivity index (χ2n) is 3.20. The smallest absolute Gasteiger partial charge is 0.262 e. The van der Waals surface area contributed by atoms with Gasteiger partial charge in [0.1, 0.15) is 5.75 Å². The first-order chi connectivity index (χ1) is 8.33. The maximum Gasteiger partial charge on any atom is 0.262 e. The summed E-state index contributed by atoms with van der Waals surface area (Å²) in [5, 5.41) is 11.6. The normalized spacial score (nSPS) is 9.41. The topological polar surface area (TPSA) is 70.8 Å². The van der Waals surface area contributed by atoms with Crippen molar-refractivity contribution in [1.82, 2.24) is 9.97 Å². The van der Waals surface area contributed by atoms with Gasteiger partial charge in [-0.2, -0.15) is 5.26 Å². The van der Waals surface area contributed by atoms with Crippen LogP contribution in [0, 0.1) is 11.3 Å². The quantitative estimate of drug-likeness (QED) is 0.868. The summed E-state index contributed by atoms with van der Waals surface area (Å²) in [6, 6.07) is 8.85. The van der Waals surface area contributed by atoms with E-state index in [1.807, 2.05) is 6.07 Å². The molecule has 1 N–H and O–H groups in total. The highest BCUT2D eigenvalue weighted by Gasteiger charge is 2.05. The molecule has 0 saturated heterocycles. The lowest BCUT2D eigenvalue weighted by Crippen LogP contribution is -1.98. The van der Waals surface area contributed by atoms with Crippen molar-refractivity contribution in [2.45, 2.75) is 0 Å². The monoisotopic (exact) mass is 226 g/mol. The van der Waals surface area contributed by atoms with Crippen LogP contribution in [0.5, 0.6) is 11.6 Å². The summed E-state index contributed by atoms with van der Waals surface area (Å²) in [5.41, 5.74) is 0.588. The lowest BCUT2D eigenvalue weighted by Gasteiger charge is -2.07. The molecule has 2 aromatic rings. The molecular formula is C12H10N4O. The number of aromatic nitrogens is 2. The first-order valence-electron chi connectivity index (χ1n) is 5.00. The molecule has 1 aromatic heterocycles. The number of rotatable bonds is 3. The van der Waals surface area contributed by atoms with Crippen molar-refractivity contribution >= 4 is 5.82 Å². The van der Waals surface area contributed by atoms with Crippen LogP contribution in [-0.4, -0.2) is 17.0 Å². The minimum atomic E-state index is 0.403. The minimum absolute atomic E-state index is 0.403. The maximum atomic E-state index is 8.68. The third-order valence-electron chi connectivity index (χ3n) is 2.10. The van der Waals surface area contributed by atoms with Gasteiger partial charge < -0.3 is 10.1 Å². The summed E-state index contributed by atoms with van der Waals surface area (Å²) < 4.78 is 5.55. The zero-order valence-electron chi connectivity index (χ0n) is 9.21. The molecule has 5 nitrogen and oxygen atoms in total. The standard InChI is InChI=1S/C12H10N4O/c1-14-11-12(16-7-6-15-11)17-10-4-2-9(8-13)3-5-10/h2-7H,1H3,(H,14,15). The molecular weight excluding hydrogens is 216 g/mol. The van der Waals surface area contributed by atoms with E-state index in [0.717, 1.165) is 0 Å². The number of hydrogen-bond donors (Lipinski definition) is 1. The summed E-state index contributed by atoms with van der Waals surface area (Å²) in [6.07, 6.45) is 3.14. The van der Waals surface area contributed by atoms with Gasteiger partial charge in [-0.05, 0) is 24.3 Å². The minimum Gasteiger partial charge on any atom is -0.436 e. The van der Waals surface area contributed by atoms with Crippen LogP contribution in [-0.2, 0) is 0 Å². The predicted molar refractivity (Wildman–Crippen MR) is 62.8 cm³/mol. The molecule has 2 rings (SSSR count). The average molecular weight is 226 g/mol. The second-order valence-corrected chi connectivity index (χ2v) is 3.20. The molecule has 0 bridgehead atoms. The third-order valence-corrected chi connectivity index (χ3v) is 2.10. The van der Waals surface area contributed by atoms with Gasteiger partial charge in [0.2, 0.25) is 0 Å². The summed E-state index contributed by atoms with van der Waals surface area (Å²) >= 11 is 0. The van der Waals surface area contributed by atoms with Gasteiger partial charge in [-0.3, -0.25) is 0 Å². The van der Waals surface area contributed by atoms with Crippen molar-refractivity contribution in [2.75, 3.05) is 12.4 Å². The molecule has 0 unspecified atom stereocenters. The fraction of sp³-hybridized carbons (Fsp3) is 0.0833. The van der Waals surface area contributed by atoms with Crippen molar-refractivity contribution in [2.24, 2.45) is 0 Å². The Balaban J connectivity index is 2.22.